The van der Waals surface area contributed by atoms with Gasteiger partial charge in [0.25, 0.3) is 0 Å². The third-order valence-corrected chi connectivity index (χ3v) is 12.2. The highest BCUT2D eigenvalue weighted by atomic mass is 35.5. The number of fused-ring (bicyclic) bond motifs is 2. The molecule has 288 valence electrons. The molecule has 12 atom stereocenters. The number of carbonyl (C=O) groups excluding carboxylic acids is 2. The Morgan fingerprint density at radius 3 is 2.62 bits per heavy atom. The van der Waals surface area contributed by atoms with E-state index in [9.17, 15) is 19.8 Å². The number of benzene rings is 1. The smallest absolute Gasteiger partial charge is 0.331 e. The van der Waals surface area contributed by atoms with Crippen molar-refractivity contribution in [2.24, 2.45) is 23.7 Å². The van der Waals surface area contributed by atoms with E-state index in [2.05, 4.69) is 20.8 Å². The first-order valence-corrected chi connectivity index (χ1v) is 19.6. The van der Waals surface area contributed by atoms with E-state index in [4.69, 9.17) is 35.3 Å². The third kappa shape index (κ3) is 8.46. The molecule has 4 heterocycles. The Balaban J connectivity index is 1.33. The van der Waals surface area contributed by atoms with Gasteiger partial charge in [0.05, 0.1) is 24.9 Å². The van der Waals surface area contributed by atoms with Crippen LogP contribution in [0.4, 0.5) is 0 Å². The van der Waals surface area contributed by atoms with Crippen LogP contribution < -0.4 is 0 Å². The van der Waals surface area contributed by atoms with Crippen molar-refractivity contribution in [1.29, 1.82) is 0 Å². The van der Waals surface area contributed by atoms with Gasteiger partial charge >= 0.3 is 11.9 Å². The lowest BCUT2D eigenvalue weighted by Crippen LogP contribution is -2.59. The summed E-state index contributed by atoms with van der Waals surface area (Å²) in [6.45, 7) is 12.2. The summed E-state index contributed by atoms with van der Waals surface area (Å²) in [5, 5.41) is 24.5. The quantitative estimate of drug-likeness (QED) is 0.180. The van der Waals surface area contributed by atoms with Crippen LogP contribution >= 0.6 is 11.6 Å². The molecule has 4 aliphatic heterocycles. The number of hydrogen-bond acceptors (Lipinski definition) is 9. The van der Waals surface area contributed by atoms with Crippen molar-refractivity contribution in [3.05, 3.63) is 88.0 Å². The van der Waals surface area contributed by atoms with Gasteiger partial charge in [0.15, 0.2) is 11.9 Å². The molecule has 53 heavy (non-hydrogen) atoms. The molecule has 1 spiro atoms. The maximum Gasteiger partial charge on any atom is 0.331 e. The van der Waals surface area contributed by atoms with Crippen molar-refractivity contribution in [2.45, 2.75) is 128 Å². The first-order valence-electron chi connectivity index (χ1n) is 19.2. The summed E-state index contributed by atoms with van der Waals surface area (Å²) < 4.78 is 32.2. The molecule has 1 aromatic rings. The Kier molecular flexibility index (Phi) is 12.2. The summed E-state index contributed by atoms with van der Waals surface area (Å²) in [5.41, 5.74) is 0.730. The fraction of sp³-hybridized carbons (Fsp3) is 0.581. The van der Waals surface area contributed by atoms with Gasteiger partial charge in [-0.25, -0.2) is 4.79 Å². The van der Waals surface area contributed by atoms with Crippen LogP contribution in [0.2, 0.25) is 5.02 Å². The summed E-state index contributed by atoms with van der Waals surface area (Å²) in [6, 6.07) is 7.02. The molecule has 3 fully saturated rings. The highest BCUT2D eigenvalue weighted by molar-refractivity contribution is 6.30. The van der Waals surface area contributed by atoms with Crippen molar-refractivity contribution in [1.82, 2.24) is 0 Å². The summed E-state index contributed by atoms with van der Waals surface area (Å²) >= 11 is 6.00. The van der Waals surface area contributed by atoms with E-state index in [1.807, 2.05) is 26.0 Å². The fourth-order valence-corrected chi connectivity index (χ4v) is 8.72. The van der Waals surface area contributed by atoms with Crippen LogP contribution in [0.25, 0.3) is 6.08 Å². The monoisotopic (exact) mass is 750 g/mol. The molecule has 5 aliphatic rings. The average Bonchev–Trinajstić information content (AvgIpc) is 3.47. The number of aliphatic hydroxyl groups is 2. The van der Waals surface area contributed by atoms with Crippen LogP contribution in [-0.4, -0.2) is 76.8 Å². The zero-order valence-corrected chi connectivity index (χ0v) is 32.5. The van der Waals surface area contributed by atoms with Gasteiger partial charge in [0.2, 0.25) is 0 Å². The average molecular weight is 751 g/mol. The van der Waals surface area contributed by atoms with Crippen molar-refractivity contribution in [3.8, 4) is 0 Å². The first kappa shape index (κ1) is 39.6. The number of carbonyl (C=O) groups is 2. The van der Waals surface area contributed by atoms with E-state index in [0.29, 0.717) is 53.7 Å². The second kappa shape index (κ2) is 16.4. The number of ether oxygens (including phenoxy) is 5. The number of halogens is 1. The van der Waals surface area contributed by atoms with Crippen LogP contribution in [0.3, 0.4) is 0 Å². The number of rotatable bonds is 5. The zero-order valence-electron chi connectivity index (χ0n) is 31.7. The lowest BCUT2D eigenvalue weighted by atomic mass is 9.70. The van der Waals surface area contributed by atoms with Crippen molar-refractivity contribution in [3.63, 3.8) is 0 Å². The summed E-state index contributed by atoms with van der Waals surface area (Å²) in [7, 11) is 0. The molecule has 10 heteroatoms. The van der Waals surface area contributed by atoms with Gasteiger partial charge in [-0.2, -0.15) is 0 Å². The Hall–Kier alpha value is -3.05. The maximum absolute atomic E-state index is 14.4. The minimum absolute atomic E-state index is 0.00264. The predicted octanol–water partition coefficient (Wildman–Crippen LogP) is 7.45. The van der Waals surface area contributed by atoms with E-state index < -0.39 is 53.7 Å². The molecule has 0 unspecified atom stereocenters. The van der Waals surface area contributed by atoms with Gasteiger partial charge in [-0.3, -0.25) is 4.79 Å². The third-order valence-electron chi connectivity index (χ3n) is 12.0. The fourth-order valence-electron chi connectivity index (χ4n) is 8.59. The second-order valence-corrected chi connectivity index (χ2v) is 16.3. The number of aliphatic hydroxyl groups excluding tert-OH is 1. The van der Waals surface area contributed by atoms with Gasteiger partial charge < -0.3 is 33.9 Å². The lowest BCUT2D eigenvalue weighted by Gasteiger charge is -2.51. The van der Waals surface area contributed by atoms with E-state index in [-0.39, 0.29) is 24.7 Å². The Morgan fingerprint density at radius 2 is 1.89 bits per heavy atom. The molecule has 2 bridgehead atoms. The topological polar surface area (TPSA) is 121 Å². The van der Waals surface area contributed by atoms with Crippen LogP contribution in [0.15, 0.2) is 77.4 Å². The number of esters is 2. The number of hydrogen-bond donors (Lipinski definition) is 2. The van der Waals surface area contributed by atoms with Gasteiger partial charge in [0.1, 0.15) is 23.7 Å². The predicted molar refractivity (Wildman–Crippen MR) is 203 cm³/mol. The van der Waals surface area contributed by atoms with Crippen LogP contribution in [-0.2, 0) is 33.3 Å². The molecule has 9 nitrogen and oxygen atoms in total. The van der Waals surface area contributed by atoms with Crippen LogP contribution in [0.1, 0.15) is 85.6 Å². The molecule has 1 aromatic carbocycles. The van der Waals surface area contributed by atoms with Crippen molar-refractivity contribution in [2.75, 3.05) is 6.61 Å². The van der Waals surface area contributed by atoms with E-state index in [1.54, 1.807) is 55.5 Å². The SMILES string of the molecule is CC[C@H](C)[C@H]1O[C@]2(CC[C@@H]1C)C[C@@H]1C[C@@H](C/C=C(\C)[C@@H](O)[C@@H](C)/C=C/C=C3\CO[C@@H]4[C@H](OC(=O)/C=C/c5ccc(Cl)cc5)C(C)=C[C@@H](C(=O)O1)[C@]34O)O2. The molecule has 2 N–H and O–H groups in total. The largest absolute Gasteiger partial charge is 0.462 e. The second-order valence-electron chi connectivity index (χ2n) is 15.9. The molecule has 0 radical (unpaired) electrons. The molecular weight excluding hydrogens is 696 g/mol. The Morgan fingerprint density at radius 1 is 1.13 bits per heavy atom. The Bertz CT molecular complexity index is 1660. The van der Waals surface area contributed by atoms with Crippen LogP contribution in [0, 0.1) is 23.7 Å². The highest BCUT2D eigenvalue weighted by Gasteiger charge is 2.61. The standard InChI is InChI=1S/C43H55ClO9/c1-7-25(2)38-28(5)19-20-42(53-38)23-34-22-33(52-42)17-11-27(4)37(46)26(3)9-8-10-31-24-49-40-39(29(6)21-35(41(47)50-34)43(31,40)48)51-36(45)18-14-30-12-15-32(44)16-13-30/h8-16,18,21,25-26,28,33-35,37-40,46,48H,7,17,19-20,22-24H2,1-6H3/b9-8+,18-14+,27-11+,31-10+/t25-,26-,28-,33+,34-,35-,37-,38+,39+,40+,42+,43+/m0/s1. The van der Waals surface area contributed by atoms with Crippen molar-refractivity contribution >= 4 is 29.6 Å². The first-order chi connectivity index (χ1) is 25.2. The maximum atomic E-state index is 14.4. The normalized spacial score (nSPS) is 41.0. The molecule has 1 aliphatic carbocycles. The van der Waals surface area contributed by atoms with Crippen molar-refractivity contribution < 1.29 is 43.5 Å². The number of allylic oxidation sites excluding steroid dienone is 2. The summed E-state index contributed by atoms with van der Waals surface area (Å²) in [4.78, 5) is 27.6. The molecule has 0 amide bonds. The van der Waals surface area contributed by atoms with Crippen LogP contribution in [0.5, 0.6) is 0 Å². The van der Waals surface area contributed by atoms with E-state index in [1.165, 1.54) is 6.08 Å². The summed E-state index contributed by atoms with van der Waals surface area (Å²) in [6.07, 6.45) is 12.2. The molecule has 6 rings (SSSR count). The van der Waals surface area contributed by atoms with Gasteiger partial charge in [0, 0.05) is 36.3 Å². The van der Waals surface area contributed by atoms with Gasteiger partial charge in [-0.05, 0) is 79.0 Å². The van der Waals surface area contributed by atoms with Gasteiger partial charge in [-0.15, -0.1) is 0 Å². The van der Waals surface area contributed by atoms with Gasteiger partial charge in [-0.1, -0.05) is 88.2 Å². The zero-order chi connectivity index (χ0) is 38.1. The minimum atomic E-state index is -1.87. The molecule has 3 saturated heterocycles. The molecule has 0 saturated carbocycles. The Labute approximate surface area is 318 Å². The van der Waals surface area contributed by atoms with E-state index >= 15 is 0 Å². The summed E-state index contributed by atoms with van der Waals surface area (Å²) in [5.74, 6) is -2.83. The van der Waals surface area contributed by atoms with E-state index in [0.717, 1.165) is 24.0 Å². The molecule has 0 aromatic heterocycles. The lowest BCUT2D eigenvalue weighted by molar-refractivity contribution is -0.340. The highest BCUT2D eigenvalue weighted by Crippen LogP contribution is 2.48. The minimum Gasteiger partial charge on any atom is -0.462 e. The molecular formula is C43H55ClO9.